The molecule has 22 heavy (non-hydrogen) atoms. The highest BCUT2D eigenvalue weighted by Gasteiger charge is 2.32. The minimum atomic E-state index is -3.22. The first-order valence-electron chi connectivity index (χ1n) is 7.32. The lowest BCUT2D eigenvalue weighted by Crippen LogP contribution is -2.32. The summed E-state index contributed by atoms with van der Waals surface area (Å²) in [5.74, 6) is 1.54. The van der Waals surface area contributed by atoms with Gasteiger partial charge in [0.05, 0.1) is 12.3 Å². The second-order valence-corrected chi connectivity index (χ2v) is 7.59. The lowest BCUT2D eigenvalue weighted by atomic mass is 10.3. The van der Waals surface area contributed by atoms with Crippen LogP contribution in [0.25, 0.3) is 0 Å². The van der Waals surface area contributed by atoms with Gasteiger partial charge in [0.2, 0.25) is 10.0 Å². The van der Waals surface area contributed by atoms with Crippen LogP contribution in [0.1, 0.15) is 12.8 Å². The molecule has 0 spiro atoms. The fourth-order valence-electron chi connectivity index (χ4n) is 2.40. The van der Waals surface area contributed by atoms with E-state index in [0.717, 1.165) is 5.82 Å². The highest BCUT2D eigenvalue weighted by atomic mass is 32.2. The van der Waals surface area contributed by atoms with Gasteiger partial charge in [-0.1, -0.05) is 6.08 Å². The average Bonchev–Trinajstić information content (AvgIpc) is 2.95. The summed E-state index contributed by atoms with van der Waals surface area (Å²) in [5, 5.41) is 0. The summed E-state index contributed by atoms with van der Waals surface area (Å²) < 4.78 is 31.8. The van der Waals surface area contributed by atoms with Gasteiger partial charge in [-0.15, -0.1) is 6.58 Å². The maximum Gasteiger partial charge on any atom is 0.214 e. The third kappa shape index (κ3) is 3.98. The molecule has 1 saturated heterocycles. The number of hydrogen-bond acceptors (Lipinski definition) is 5. The Bertz CT molecular complexity index is 616. The van der Waals surface area contributed by atoms with E-state index in [1.165, 1.54) is 4.31 Å². The number of sulfonamides is 1. The lowest BCUT2D eigenvalue weighted by Gasteiger charge is -2.20. The third-order valence-electron chi connectivity index (χ3n) is 3.55. The van der Waals surface area contributed by atoms with Gasteiger partial charge in [-0.2, -0.15) is 4.31 Å². The molecule has 0 saturated carbocycles. The molecule has 0 radical (unpaired) electrons. The summed E-state index contributed by atoms with van der Waals surface area (Å²) in [5.41, 5.74) is 0. The quantitative estimate of drug-likeness (QED) is 0.711. The molecule has 1 aliphatic heterocycles. The van der Waals surface area contributed by atoms with E-state index in [0.29, 0.717) is 31.7 Å². The number of pyridine rings is 1. The largest absolute Gasteiger partial charge is 0.485 e. The van der Waals surface area contributed by atoms with Crippen molar-refractivity contribution < 1.29 is 13.2 Å². The van der Waals surface area contributed by atoms with E-state index in [-0.39, 0.29) is 11.9 Å². The molecule has 2 rings (SSSR count). The summed E-state index contributed by atoms with van der Waals surface area (Å²) in [4.78, 5) is 6.16. The SMILES string of the molecule is C=CCCS(=O)(=O)N1CCC(Oc2cccnc2N(C)C)C1. The van der Waals surface area contributed by atoms with Crippen molar-refractivity contribution in [1.29, 1.82) is 0 Å². The Balaban J connectivity index is 2.01. The molecule has 1 aliphatic rings. The zero-order chi connectivity index (χ0) is 16.2. The Kier molecular flexibility index (Phi) is 5.42. The van der Waals surface area contributed by atoms with Crippen LogP contribution < -0.4 is 9.64 Å². The van der Waals surface area contributed by atoms with Crippen molar-refractivity contribution in [2.45, 2.75) is 18.9 Å². The van der Waals surface area contributed by atoms with Gasteiger partial charge in [0.25, 0.3) is 0 Å². The topological polar surface area (TPSA) is 62.7 Å². The minimum absolute atomic E-state index is 0.110. The molecule has 1 aromatic heterocycles. The summed E-state index contributed by atoms with van der Waals surface area (Å²) >= 11 is 0. The second kappa shape index (κ2) is 7.11. The van der Waals surface area contributed by atoms with Gasteiger partial charge in [-0.25, -0.2) is 13.4 Å². The highest BCUT2D eigenvalue weighted by molar-refractivity contribution is 7.89. The summed E-state index contributed by atoms with van der Waals surface area (Å²) in [6, 6.07) is 3.67. The van der Waals surface area contributed by atoms with Gasteiger partial charge in [0, 0.05) is 26.8 Å². The van der Waals surface area contributed by atoms with Crippen molar-refractivity contribution in [3.05, 3.63) is 31.0 Å². The normalized spacial score (nSPS) is 19.1. The smallest absolute Gasteiger partial charge is 0.214 e. The number of aromatic nitrogens is 1. The number of nitrogens with zero attached hydrogens (tertiary/aromatic N) is 3. The van der Waals surface area contributed by atoms with Crippen LogP contribution >= 0.6 is 0 Å². The van der Waals surface area contributed by atoms with Gasteiger partial charge in [-0.05, 0) is 25.0 Å². The van der Waals surface area contributed by atoms with Crippen LogP contribution in [0.4, 0.5) is 5.82 Å². The molecule has 0 bridgehead atoms. The zero-order valence-electron chi connectivity index (χ0n) is 13.1. The zero-order valence-corrected chi connectivity index (χ0v) is 13.9. The van der Waals surface area contributed by atoms with E-state index in [2.05, 4.69) is 11.6 Å². The number of ether oxygens (including phenoxy) is 1. The number of anilines is 1. The minimum Gasteiger partial charge on any atom is -0.485 e. The molecule has 2 heterocycles. The predicted molar refractivity (Wildman–Crippen MR) is 87.8 cm³/mol. The standard InChI is InChI=1S/C15H23N3O3S/c1-4-5-11-22(19,20)18-10-8-13(12-18)21-14-7-6-9-16-15(14)17(2)3/h4,6-7,9,13H,1,5,8,10-12H2,2-3H3. The summed E-state index contributed by atoms with van der Waals surface area (Å²) in [6.45, 7) is 4.46. The van der Waals surface area contributed by atoms with Crippen molar-refractivity contribution in [3.63, 3.8) is 0 Å². The van der Waals surface area contributed by atoms with Crippen molar-refractivity contribution in [2.24, 2.45) is 0 Å². The van der Waals surface area contributed by atoms with Crippen LogP contribution in [-0.2, 0) is 10.0 Å². The molecule has 0 aromatic carbocycles. The fourth-order valence-corrected chi connectivity index (χ4v) is 3.90. The molecule has 0 aliphatic carbocycles. The molecular formula is C15H23N3O3S. The van der Waals surface area contributed by atoms with Crippen LogP contribution in [0, 0.1) is 0 Å². The molecule has 1 unspecified atom stereocenters. The fraction of sp³-hybridized carbons (Fsp3) is 0.533. The molecule has 0 N–H and O–H groups in total. The molecule has 1 atom stereocenters. The van der Waals surface area contributed by atoms with Crippen LogP contribution in [0.15, 0.2) is 31.0 Å². The molecule has 7 heteroatoms. The van der Waals surface area contributed by atoms with E-state index in [1.54, 1.807) is 12.3 Å². The molecule has 0 amide bonds. The second-order valence-electron chi connectivity index (χ2n) is 5.50. The molecule has 1 aromatic rings. The molecule has 122 valence electrons. The van der Waals surface area contributed by atoms with Crippen LogP contribution in [-0.4, -0.2) is 56.7 Å². The Morgan fingerprint density at radius 3 is 3.00 bits per heavy atom. The lowest BCUT2D eigenvalue weighted by molar-refractivity contribution is 0.215. The number of rotatable bonds is 7. The van der Waals surface area contributed by atoms with Crippen LogP contribution in [0.3, 0.4) is 0 Å². The third-order valence-corrected chi connectivity index (χ3v) is 5.42. The predicted octanol–water partition coefficient (Wildman–Crippen LogP) is 1.51. The molecule has 1 fully saturated rings. The van der Waals surface area contributed by atoms with Gasteiger partial charge in [0.15, 0.2) is 11.6 Å². The Hall–Kier alpha value is -1.60. The van der Waals surface area contributed by atoms with Gasteiger partial charge < -0.3 is 9.64 Å². The van der Waals surface area contributed by atoms with Crippen LogP contribution in [0.2, 0.25) is 0 Å². The Labute approximate surface area is 132 Å². The van der Waals surface area contributed by atoms with Crippen molar-refractivity contribution >= 4 is 15.8 Å². The highest BCUT2D eigenvalue weighted by Crippen LogP contribution is 2.27. The summed E-state index contributed by atoms with van der Waals surface area (Å²) in [6.07, 6.45) is 4.36. The van der Waals surface area contributed by atoms with E-state index in [4.69, 9.17) is 4.74 Å². The Morgan fingerprint density at radius 1 is 1.55 bits per heavy atom. The van der Waals surface area contributed by atoms with Crippen molar-refractivity contribution in [2.75, 3.05) is 37.8 Å². The average molecular weight is 325 g/mol. The maximum absolute atomic E-state index is 12.2. The van der Waals surface area contributed by atoms with Crippen molar-refractivity contribution in [3.8, 4) is 5.75 Å². The van der Waals surface area contributed by atoms with E-state index < -0.39 is 10.0 Å². The first kappa shape index (κ1) is 16.8. The van der Waals surface area contributed by atoms with Crippen LogP contribution in [0.5, 0.6) is 5.75 Å². The summed E-state index contributed by atoms with van der Waals surface area (Å²) in [7, 11) is 0.580. The molecule has 6 nitrogen and oxygen atoms in total. The first-order valence-corrected chi connectivity index (χ1v) is 8.92. The first-order chi connectivity index (χ1) is 10.4. The maximum atomic E-state index is 12.2. The van der Waals surface area contributed by atoms with E-state index >= 15 is 0 Å². The van der Waals surface area contributed by atoms with Gasteiger partial charge >= 0.3 is 0 Å². The monoisotopic (exact) mass is 325 g/mol. The van der Waals surface area contributed by atoms with Gasteiger partial charge in [0.1, 0.15) is 6.10 Å². The van der Waals surface area contributed by atoms with E-state index in [9.17, 15) is 8.42 Å². The van der Waals surface area contributed by atoms with Crippen molar-refractivity contribution in [1.82, 2.24) is 9.29 Å². The van der Waals surface area contributed by atoms with Gasteiger partial charge in [-0.3, -0.25) is 0 Å². The number of allylic oxidation sites excluding steroid dienone is 1. The Morgan fingerprint density at radius 2 is 2.32 bits per heavy atom. The number of hydrogen-bond donors (Lipinski definition) is 0. The molecular weight excluding hydrogens is 302 g/mol. The van der Waals surface area contributed by atoms with E-state index in [1.807, 2.05) is 31.1 Å².